The molecular formula is C19H24O6Si. The van der Waals surface area contributed by atoms with Crippen molar-refractivity contribution in [2.24, 2.45) is 0 Å². The van der Waals surface area contributed by atoms with E-state index in [0.29, 0.717) is 39.1 Å². The summed E-state index contributed by atoms with van der Waals surface area (Å²) in [5, 5.41) is 0. The van der Waals surface area contributed by atoms with Crippen LogP contribution in [0.2, 0.25) is 6.55 Å². The molecule has 0 N–H and O–H groups in total. The smallest absolute Gasteiger partial charge is 0.469 e. The van der Waals surface area contributed by atoms with Gasteiger partial charge in [-0.3, -0.25) is 0 Å². The zero-order valence-corrected chi connectivity index (χ0v) is 15.9. The average Bonchev–Trinajstić information content (AvgIpc) is 3.39. The van der Waals surface area contributed by atoms with Crippen molar-refractivity contribution in [1.82, 2.24) is 0 Å². The summed E-state index contributed by atoms with van der Waals surface area (Å²) in [7, 11) is -2.77. The van der Waals surface area contributed by atoms with Crippen LogP contribution in [0.5, 0.6) is 0 Å². The van der Waals surface area contributed by atoms with E-state index in [0.717, 1.165) is 17.3 Å². The van der Waals surface area contributed by atoms with Gasteiger partial charge < -0.3 is 26.5 Å². The Hall–Kier alpha value is -2.06. The standard InChI is InChI=1S/C19H24O6Si/c1-26(23-14-8-17-5-2-11-20-17,24-15-9-18-6-3-12-21-18)25-16-10-19-7-4-13-22-19/h2-7,11-13H,8-10,14-16H2,1H3. The predicted molar refractivity (Wildman–Crippen MR) is 96.7 cm³/mol. The minimum Gasteiger partial charge on any atom is -0.469 e. The van der Waals surface area contributed by atoms with Crippen molar-refractivity contribution >= 4 is 8.80 Å². The highest BCUT2D eigenvalue weighted by Gasteiger charge is 2.35. The number of hydrogen-bond acceptors (Lipinski definition) is 6. The molecule has 3 aromatic rings. The molecule has 0 aliphatic carbocycles. The predicted octanol–water partition coefficient (Wildman–Crippen LogP) is 4.11. The van der Waals surface area contributed by atoms with Gasteiger partial charge in [-0.15, -0.1) is 0 Å². The van der Waals surface area contributed by atoms with E-state index in [2.05, 4.69) is 0 Å². The normalized spacial score (nSPS) is 11.9. The zero-order valence-electron chi connectivity index (χ0n) is 14.9. The van der Waals surface area contributed by atoms with Crippen molar-refractivity contribution in [2.75, 3.05) is 19.8 Å². The van der Waals surface area contributed by atoms with Gasteiger partial charge in [-0.25, -0.2) is 0 Å². The van der Waals surface area contributed by atoms with E-state index in [1.807, 2.05) is 42.9 Å². The van der Waals surface area contributed by atoms with Crippen LogP contribution in [0.3, 0.4) is 0 Å². The molecule has 0 spiro atoms. The van der Waals surface area contributed by atoms with Crippen LogP contribution in [0.15, 0.2) is 68.4 Å². The maximum Gasteiger partial charge on any atom is 0.497 e. The number of rotatable bonds is 12. The van der Waals surface area contributed by atoms with Gasteiger partial charge in [0.2, 0.25) is 0 Å². The molecule has 0 saturated heterocycles. The Bertz CT molecular complexity index is 607. The van der Waals surface area contributed by atoms with Crippen molar-refractivity contribution in [3.63, 3.8) is 0 Å². The van der Waals surface area contributed by atoms with Crippen molar-refractivity contribution in [3.05, 3.63) is 72.5 Å². The first kappa shape index (κ1) is 18.7. The Morgan fingerprint density at radius 2 is 1.00 bits per heavy atom. The highest BCUT2D eigenvalue weighted by Crippen LogP contribution is 2.14. The summed E-state index contributed by atoms with van der Waals surface area (Å²) in [5.41, 5.74) is 0. The molecule has 0 amide bonds. The van der Waals surface area contributed by atoms with Gasteiger partial charge in [0.05, 0.1) is 18.8 Å². The Balaban J connectivity index is 1.47. The summed E-state index contributed by atoms with van der Waals surface area (Å²) in [6.07, 6.45) is 7.01. The second-order valence-corrected chi connectivity index (χ2v) is 8.49. The zero-order chi connectivity index (χ0) is 18.1. The third-order valence-corrected chi connectivity index (χ3v) is 6.06. The summed E-state index contributed by atoms with van der Waals surface area (Å²) in [4.78, 5) is 0. The van der Waals surface area contributed by atoms with Gasteiger partial charge in [0, 0.05) is 45.6 Å². The SMILES string of the molecule is C[Si](OCCc1ccco1)(OCCc1ccco1)OCCc1ccco1. The van der Waals surface area contributed by atoms with Gasteiger partial charge >= 0.3 is 8.80 Å². The molecule has 0 aliphatic heterocycles. The molecule has 0 bridgehead atoms. The quantitative estimate of drug-likeness (QED) is 0.443. The van der Waals surface area contributed by atoms with Gasteiger partial charge in [-0.2, -0.15) is 0 Å². The lowest BCUT2D eigenvalue weighted by Crippen LogP contribution is -2.44. The van der Waals surface area contributed by atoms with Gasteiger partial charge in [0.1, 0.15) is 17.3 Å². The first-order chi connectivity index (χ1) is 12.7. The monoisotopic (exact) mass is 376 g/mol. The van der Waals surface area contributed by atoms with Crippen LogP contribution in [-0.4, -0.2) is 28.6 Å². The molecule has 0 aliphatic rings. The summed E-state index contributed by atoms with van der Waals surface area (Å²) < 4.78 is 34.1. The van der Waals surface area contributed by atoms with Crippen molar-refractivity contribution in [2.45, 2.75) is 25.8 Å². The molecule has 0 radical (unpaired) electrons. The molecule has 3 heterocycles. The molecule has 6 nitrogen and oxygen atoms in total. The molecule has 7 heteroatoms. The minimum atomic E-state index is -2.77. The first-order valence-electron chi connectivity index (χ1n) is 8.72. The molecule has 26 heavy (non-hydrogen) atoms. The van der Waals surface area contributed by atoms with Crippen LogP contribution >= 0.6 is 0 Å². The molecule has 0 fully saturated rings. The molecule has 0 unspecified atom stereocenters. The number of hydrogen-bond donors (Lipinski definition) is 0. The third-order valence-electron chi connectivity index (χ3n) is 3.88. The Morgan fingerprint density at radius 3 is 1.27 bits per heavy atom. The van der Waals surface area contributed by atoms with Gasteiger partial charge in [0.15, 0.2) is 0 Å². The fourth-order valence-corrected chi connectivity index (χ4v) is 4.17. The molecule has 0 saturated carbocycles. The van der Waals surface area contributed by atoms with Gasteiger partial charge in [0.25, 0.3) is 0 Å². The van der Waals surface area contributed by atoms with Crippen LogP contribution in [-0.2, 0) is 32.5 Å². The number of furan rings is 3. The summed E-state index contributed by atoms with van der Waals surface area (Å²) in [6, 6.07) is 11.4. The lowest BCUT2D eigenvalue weighted by molar-refractivity contribution is 0.0654. The molecule has 0 atom stereocenters. The van der Waals surface area contributed by atoms with E-state index in [1.54, 1.807) is 18.8 Å². The van der Waals surface area contributed by atoms with Crippen molar-refractivity contribution < 1.29 is 26.5 Å². The van der Waals surface area contributed by atoms with E-state index >= 15 is 0 Å². The summed E-state index contributed by atoms with van der Waals surface area (Å²) in [5.74, 6) is 2.65. The van der Waals surface area contributed by atoms with Crippen LogP contribution in [0, 0.1) is 0 Å². The van der Waals surface area contributed by atoms with E-state index in [4.69, 9.17) is 26.5 Å². The first-order valence-corrected chi connectivity index (χ1v) is 10.9. The van der Waals surface area contributed by atoms with Gasteiger partial charge in [-0.1, -0.05) is 0 Å². The van der Waals surface area contributed by atoms with Crippen LogP contribution < -0.4 is 0 Å². The summed E-state index contributed by atoms with van der Waals surface area (Å²) >= 11 is 0. The topological polar surface area (TPSA) is 67.1 Å². The minimum absolute atomic E-state index is 0.484. The second kappa shape index (κ2) is 9.58. The second-order valence-electron chi connectivity index (χ2n) is 5.90. The van der Waals surface area contributed by atoms with Crippen LogP contribution in [0.1, 0.15) is 17.3 Å². The molecule has 0 aromatic carbocycles. The molecule has 3 aromatic heterocycles. The highest BCUT2D eigenvalue weighted by molar-refractivity contribution is 6.59. The largest absolute Gasteiger partial charge is 0.497 e. The fourth-order valence-electron chi connectivity index (χ4n) is 2.50. The third kappa shape index (κ3) is 6.03. The molecule has 140 valence electrons. The lowest BCUT2D eigenvalue weighted by Gasteiger charge is -2.26. The molecule has 3 rings (SSSR count). The Labute approximate surface area is 154 Å². The Morgan fingerprint density at radius 1 is 0.654 bits per heavy atom. The average molecular weight is 376 g/mol. The fraction of sp³-hybridized carbons (Fsp3) is 0.368. The summed E-state index contributed by atoms with van der Waals surface area (Å²) in [6.45, 7) is 3.37. The van der Waals surface area contributed by atoms with Crippen molar-refractivity contribution in [3.8, 4) is 0 Å². The van der Waals surface area contributed by atoms with Crippen LogP contribution in [0.4, 0.5) is 0 Å². The maximum absolute atomic E-state index is 6.02. The Kier molecular flexibility index (Phi) is 6.90. The van der Waals surface area contributed by atoms with Crippen molar-refractivity contribution in [1.29, 1.82) is 0 Å². The van der Waals surface area contributed by atoms with E-state index in [1.165, 1.54) is 0 Å². The van der Waals surface area contributed by atoms with Crippen LogP contribution in [0.25, 0.3) is 0 Å². The molecular weight excluding hydrogens is 352 g/mol. The van der Waals surface area contributed by atoms with E-state index in [9.17, 15) is 0 Å². The van der Waals surface area contributed by atoms with Gasteiger partial charge in [-0.05, 0) is 36.4 Å². The van der Waals surface area contributed by atoms with E-state index in [-0.39, 0.29) is 0 Å². The van der Waals surface area contributed by atoms with E-state index < -0.39 is 8.80 Å². The maximum atomic E-state index is 6.02. The highest BCUT2D eigenvalue weighted by atomic mass is 28.4. The lowest BCUT2D eigenvalue weighted by atomic mass is 10.3.